The molecule has 9 heteroatoms. The monoisotopic (exact) mass is 304 g/mol. The minimum atomic E-state index is -0.754. The Kier molecular flexibility index (Phi) is 4.16. The van der Waals surface area contributed by atoms with Crippen LogP contribution >= 0.6 is 0 Å². The largest absolute Gasteiger partial charge is 0.475 e. The van der Waals surface area contributed by atoms with Crippen LogP contribution in [0.1, 0.15) is 27.8 Å². The highest BCUT2D eigenvalue weighted by molar-refractivity contribution is 6.06. The maximum Gasteiger partial charge on any atom is 0.362 e. The summed E-state index contributed by atoms with van der Waals surface area (Å²) in [6, 6.07) is 6.13. The number of ketones is 1. The molecule has 0 saturated carbocycles. The number of rotatable bonds is 5. The van der Waals surface area contributed by atoms with E-state index in [1.54, 1.807) is 12.1 Å². The molecular formula is C13H12N4O5. The predicted octanol–water partition coefficient (Wildman–Crippen LogP) is 1.78. The second-order valence-corrected chi connectivity index (χ2v) is 4.30. The zero-order valence-corrected chi connectivity index (χ0v) is 11.7. The number of Topliss-reactive ketones (excluding diaryl/α,β-unsaturated/α-hetero) is 1. The van der Waals surface area contributed by atoms with Crippen LogP contribution in [0.25, 0.3) is 0 Å². The number of hydrogen-bond acceptors (Lipinski definition) is 6. The Labute approximate surface area is 124 Å². The number of H-pyrrole nitrogens is 1. The van der Waals surface area contributed by atoms with Gasteiger partial charge < -0.3 is 10.1 Å². The minimum Gasteiger partial charge on any atom is -0.475 e. The number of nitro groups is 1. The Morgan fingerprint density at radius 2 is 1.95 bits per heavy atom. The number of ether oxygens (including phenoxy) is 1. The fraction of sp³-hybridized carbons (Fsp3) is 0.154. The van der Waals surface area contributed by atoms with Crippen LogP contribution < -0.4 is 10.1 Å². The van der Waals surface area contributed by atoms with E-state index in [2.05, 4.69) is 15.5 Å². The summed E-state index contributed by atoms with van der Waals surface area (Å²) in [5.41, 5.74) is 0.0166. The molecule has 2 rings (SSSR count). The summed E-state index contributed by atoms with van der Waals surface area (Å²) < 4.78 is 4.73. The third-order valence-electron chi connectivity index (χ3n) is 2.86. The zero-order chi connectivity index (χ0) is 16.3. The van der Waals surface area contributed by atoms with Crippen molar-refractivity contribution in [2.75, 3.05) is 12.4 Å². The maximum absolute atomic E-state index is 12.1. The van der Waals surface area contributed by atoms with Crippen LogP contribution in [0.4, 0.5) is 11.4 Å². The van der Waals surface area contributed by atoms with Crippen molar-refractivity contribution >= 4 is 23.1 Å². The van der Waals surface area contributed by atoms with E-state index in [9.17, 15) is 19.7 Å². The second kappa shape index (κ2) is 6.04. The van der Waals surface area contributed by atoms with Crippen LogP contribution in [0.15, 0.2) is 24.3 Å². The van der Waals surface area contributed by atoms with E-state index in [1.165, 1.54) is 26.2 Å². The number of anilines is 1. The number of nitrogens with zero attached hydrogens (tertiary/aromatic N) is 2. The Bertz CT molecular complexity index is 735. The van der Waals surface area contributed by atoms with Crippen molar-refractivity contribution in [2.45, 2.75) is 6.92 Å². The van der Waals surface area contributed by atoms with Crippen molar-refractivity contribution < 1.29 is 19.2 Å². The van der Waals surface area contributed by atoms with Gasteiger partial charge in [-0.25, -0.2) is 0 Å². The van der Waals surface area contributed by atoms with Gasteiger partial charge in [-0.1, -0.05) is 0 Å². The van der Waals surface area contributed by atoms with Crippen molar-refractivity contribution in [2.24, 2.45) is 0 Å². The molecule has 1 aromatic carbocycles. The number of aromatic amines is 1. The molecule has 0 spiro atoms. The molecule has 0 saturated heterocycles. The molecule has 1 amide bonds. The van der Waals surface area contributed by atoms with Gasteiger partial charge in [0, 0.05) is 11.3 Å². The molecule has 0 aliphatic heterocycles. The molecule has 0 atom stereocenters. The van der Waals surface area contributed by atoms with Gasteiger partial charge in [0.1, 0.15) is 0 Å². The Balaban J connectivity index is 2.24. The van der Waals surface area contributed by atoms with Crippen LogP contribution in [0.3, 0.4) is 0 Å². The van der Waals surface area contributed by atoms with E-state index in [1.807, 2.05) is 0 Å². The van der Waals surface area contributed by atoms with Crippen LogP contribution in [0, 0.1) is 10.1 Å². The fourth-order valence-electron chi connectivity index (χ4n) is 1.77. The summed E-state index contributed by atoms with van der Waals surface area (Å²) >= 11 is 0. The highest BCUT2D eigenvalue weighted by Gasteiger charge is 2.30. The number of carbonyl (C=O) groups excluding carboxylic acids is 2. The van der Waals surface area contributed by atoms with Gasteiger partial charge in [-0.05, 0) is 31.2 Å². The van der Waals surface area contributed by atoms with Crippen LogP contribution in [0.5, 0.6) is 5.88 Å². The van der Waals surface area contributed by atoms with Gasteiger partial charge in [-0.2, -0.15) is 0 Å². The summed E-state index contributed by atoms with van der Waals surface area (Å²) in [7, 11) is 1.21. The molecule has 1 aromatic heterocycles. The number of aromatic nitrogens is 2. The van der Waals surface area contributed by atoms with Crippen molar-refractivity contribution in [1.82, 2.24) is 10.2 Å². The van der Waals surface area contributed by atoms with Gasteiger partial charge in [0.15, 0.2) is 5.78 Å². The minimum absolute atomic E-state index is 0.105. The third-order valence-corrected chi connectivity index (χ3v) is 2.86. The molecule has 114 valence electrons. The van der Waals surface area contributed by atoms with Crippen molar-refractivity contribution in [1.29, 1.82) is 0 Å². The average molecular weight is 304 g/mol. The van der Waals surface area contributed by atoms with Crippen molar-refractivity contribution in [3.05, 3.63) is 45.6 Å². The molecule has 0 fully saturated rings. The lowest BCUT2D eigenvalue weighted by Gasteiger charge is -2.04. The van der Waals surface area contributed by atoms with Crippen LogP contribution in [0.2, 0.25) is 0 Å². The molecule has 1 heterocycles. The first-order valence-electron chi connectivity index (χ1n) is 6.13. The maximum atomic E-state index is 12.1. The number of hydrogen-bond donors (Lipinski definition) is 2. The van der Waals surface area contributed by atoms with Gasteiger partial charge in [0.05, 0.1) is 12.0 Å². The molecule has 0 bridgehead atoms. The highest BCUT2D eigenvalue weighted by Crippen LogP contribution is 2.28. The van der Waals surface area contributed by atoms with Crippen molar-refractivity contribution in [3.8, 4) is 5.88 Å². The summed E-state index contributed by atoms with van der Waals surface area (Å²) in [6.07, 6.45) is 0. The molecule has 0 aliphatic rings. The lowest BCUT2D eigenvalue weighted by Crippen LogP contribution is -2.14. The Morgan fingerprint density at radius 1 is 1.32 bits per heavy atom. The zero-order valence-electron chi connectivity index (χ0n) is 11.7. The van der Waals surface area contributed by atoms with E-state index in [-0.39, 0.29) is 17.4 Å². The van der Waals surface area contributed by atoms with E-state index in [4.69, 9.17) is 4.74 Å². The normalized spacial score (nSPS) is 10.1. The lowest BCUT2D eigenvalue weighted by molar-refractivity contribution is -0.386. The molecule has 9 nitrogen and oxygen atoms in total. The predicted molar refractivity (Wildman–Crippen MR) is 76.2 cm³/mol. The lowest BCUT2D eigenvalue weighted by atomic mass is 10.1. The quantitative estimate of drug-likeness (QED) is 0.492. The molecule has 22 heavy (non-hydrogen) atoms. The fourth-order valence-corrected chi connectivity index (χ4v) is 1.77. The van der Waals surface area contributed by atoms with E-state index in [0.717, 1.165) is 0 Å². The van der Waals surface area contributed by atoms with Gasteiger partial charge in [0.2, 0.25) is 5.69 Å². The van der Waals surface area contributed by atoms with Crippen molar-refractivity contribution in [3.63, 3.8) is 0 Å². The van der Waals surface area contributed by atoms with Gasteiger partial charge in [-0.3, -0.25) is 24.8 Å². The molecule has 0 aliphatic carbocycles. The van der Waals surface area contributed by atoms with E-state index >= 15 is 0 Å². The second-order valence-electron chi connectivity index (χ2n) is 4.30. The summed E-state index contributed by atoms with van der Waals surface area (Å²) in [4.78, 5) is 33.5. The first-order chi connectivity index (χ1) is 10.4. The van der Waals surface area contributed by atoms with Gasteiger partial charge in [-0.15, -0.1) is 5.10 Å². The van der Waals surface area contributed by atoms with E-state index < -0.39 is 16.5 Å². The first kappa shape index (κ1) is 15.2. The smallest absolute Gasteiger partial charge is 0.362 e. The topological polar surface area (TPSA) is 127 Å². The summed E-state index contributed by atoms with van der Waals surface area (Å²) in [5.74, 6) is -1.12. The number of amides is 1. The number of carbonyl (C=O) groups is 2. The van der Waals surface area contributed by atoms with Gasteiger partial charge in [0.25, 0.3) is 5.91 Å². The SMILES string of the molecule is COc1n[nH]c(C(=O)Nc2ccc(C(C)=O)cc2)c1[N+](=O)[O-]. The Hall–Kier alpha value is -3.23. The standard InChI is InChI=1S/C13H12N4O5/c1-7(18)8-3-5-9(6-4-8)14-12(19)10-11(17(20)21)13(22-2)16-15-10/h3-6H,1-2H3,(H,14,19)(H,15,16). The molecule has 2 aromatic rings. The van der Waals surface area contributed by atoms with Crippen LogP contribution in [-0.4, -0.2) is 33.9 Å². The summed E-state index contributed by atoms with van der Waals surface area (Å²) in [5, 5.41) is 19.3. The number of nitrogens with one attached hydrogen (secondary N) is 2. The summed E-state index contributed by atoms with van der Waals surface area (Å²) in [6.45, 7) is 1.42. The van der Waals surface area contributed by atoms with Crippen LogP contribution in [-0.2, 0) is 0 Å². The average Bonchev–Trinajstić information content (AvgIpc) is 2.92. The molecule has 0 radical (unpaired) electrons. The first-order valence-corrected chi connectivity index (χ1v) is 6.13. The van der Waals surface area contributed by atoms with Gasteiger partial charge >= 0.3 is 11.6 Å². The third kappa shape index (κ3) is 2.92. The Morgan fingerprint density at radius 3 is 2.45 bits per heavy atom. The number of benzene rings is 1. The highest BCUT2D eigenvalue weighted by atomic mass is 16.6. The molecule has 0 unspecified atom stereocenters. The number of methoxy groups -OCH3 is 1. The molecular weight excluding hydrogens is 292 g/mol. The van der Waals surface area contributed by atoms with E-state index in [0.29, 0.717) is 11.3 Å². The molecule has 2 N–H and O–H groups in total.